The molecule has 0 fully saturated rings. The van der Waals surface area contributed by atoms with E-state index in [-0.39, 0.29) is 23.1 Å². The zero-order chi connectivity index (χ0) is 29.0. The molecule has 4 rings (SSSR count). The van der Waals surface area contributed by atoms with Crippen LogP contribution in [0, 0.1) is 11.6 Å². The average Bonchev–Trinajstić information content (AvgIpc) is 2.98. The number of nitrogens with one attached hydrogen (secondary N) is 1. The van der Waals surface area contributed by atoms with Crippen molar-refractivity contribution in [2.45, 2.75) is 62.4 Å². The van der Waals surface area contributed by atoms with Crippen molar-refractivity contribution in [1.82, 2.24) is 24.8 Å². The first kappa shape index (κ1) is 30.0. The molecule has 1 unspecified atom stereocenters. The van der Waals surface area contributed by atoms with E-state index in [0.717, 1.165) is 48.8 Å². The topological polar surface area (TPSA) is 89.8 Å². The molecule has 0 bridgehead atoms. The van der Waals surface area contributed by atoms with Crippen LogP contribution in [0.3, 0.4) is 0 Å². The molecule has 1 amide bonds. The molecule has 2 heterocycles. The summed E-state index contributed by atoms with van der Waals surface area (Å²) in [7, 11) is 0. The molecule has 0 aliphatic rings. The summed E-state index contributed by atoms with van der Waals surface area (Å²) in [5.74, 6) is -0.247. The van der Waals surface area contributed by atoms with Crippen molar-refractivity contribution in [1.29, 1.82) is 0 Å². The summed E-state index contributed by atoms with van der Waals surface area (Å²) < 4.78 is 28.1. The number of thioether (sulfide) groups is 1. The van der Waals surface area contributed by atoms with Crippen LogP contribution in [0.2, 0.25) is 0 Å². The van der Waals surface area contributed by atoms with Gasteiger partial charge in [-0.2, -0.15) is 4.98 Å². The van der Waals surface area contributed by atoms with Gasteiger partial charge < -0.3 is 9.88 Å². The van der Waals surface area contributed by atoms with Crippen molar-refractivity contribution in [2.75, 3.05) is 6.54 Å². The van der Waals surface area contributed by atoms with E-state index in [2.05, 4.69) is 20.3 Å². The molecule has 2 aromatic carbocycles. The second-order valence-corrected chi connectivity index (χ2v) is 10.8. The third-order valence-electron chi connectivity index (χ3n) is 6.68. The third kappa shape index (κ3) is 9.31. The average molecular weight is 578 g/mol. The van der Waals surface area contributed by atoms with E-state index < -0.39 is 6.04 Å². The Morgan fingerprint density at radius 1 is 0.902 bits per heavy atom. The standard InChI is InChI=1S/C31H33F2N5O2S/c1-22(29(39)36-15-5-3-2-4-6-23-7-11-27(32)12-8-23)38-19-26(16-25-17-34-21-35-18-25)30(40)37-31(38)41-20-24-9-13-28(33)14-10-24/h7-14,17-19,21-22H,2-6,15-16,20H2,1H3,(H,36,39). The molecule has 1 atom stereocenters. The van der Waals surface area contributed by atoms with Gasteiger partial charge in [-0.05, 0) is 67.1 Å². The Balaban J connectivity index is 1.36. The first-order chi connectivity index (χ1) is 19.9. The number of rotatable bonds is 14. The quantitative estimate of drug-likeness (QED) is 0.118. The smallest absolute Gasteiger partial charge is 0.277 e. The van der Waals surface area contributed by atoms with Crippen LogP contribution < -0.4 is 10.9 Å². The van der Waals surface area contributed by atoms with E-state index in [0.29, 0.717) is 29.4 Å². The van der Waals surface area contributed by atoms with Crippen molar-refractivity contribution in [3.05, 3.63) is 118 Å². The van der Waals surface area contributed by atoms with Crippen molar-refractivity contribution in [3.8, 4) is 0 Å². The fourth-order valence-electron chi connectivity index (χ4n) is 4.31. The number of nitrogens with zero attached hydrogens (tertiary/aromatic N) is 4. The Morgan fingerprint density at radius 2 is 1.54 bits per heavy atom. The molecule has 4 aromatic rings. The van der Waals surface area contributed by atoms with Gasteiger partial charge in [0.05, 0.1) is 0 Å². The molecular formula is C31H33F2N5O2S. The van der Waals surface area contributed by atoms with E-state index in [1.165, 1.54) is 42.4 Å². The van der Waals surface area contributed by atoms with Crippen LogP contribution in [0.5, 0.6) is 0 Å². The minimum atomic E-state index is -0.608. The number of halogens is 2. The molecule has 0 saturated heterocycles. The highest BCUT2D eigenvalue weighted by Gasteiger charge is 2.20. The van der Waals surface area contributed by atoms with Crippen molar-refractivity contribution < 1.29 is 13.6 Å². The fraction of sp³-hybridized carbons (Fsp3) is 0.323. The molecule has 0 saturated carbocycles. The lowest BCUT2D eigenvalue weighted by Crippen LogP contribution is -2.33. The van der Waals surface area contributed by atoms with Crippen LogP contribution in [0.25, 0.3) is 0 Å². The SMILES string of the molecule is CC(C(=O)NCCCCCCc1ccc(F)cc1)n1cc(Cc2cncnc2)c(=O)nc1SCc1ccc(F)cc1. The van der Waals surface area contributed by atoms with E-state index in [9.17, 15) is 18.4 Å². The zero-order valence-corrected chi connectivity index (χ0v) is 23.7. The van der Waals surface area contributed by atoms with Crippen molar-refractivity contribution in [3.63, 3.8) is 0 Å². The molecule has 0 radical (unpaired) electrons. The molecule has 10 heteroatoms. The van der Waals surface area contributed by atoms with Gasteiger partial charge in [-0.25, -0.2) is 18.7 Å². The normalized spacial score (nSPS) is 11.8. The van der Waals surface area contributed by atoms with Crippen LogP contribution in [0.15, 0.2) is 83.4 Å². The van der Waals surface area contributed by atoms with E-state index in [1.54, 1.807) is 42.2 Å². The molecule has 1 N–H and O–H groups in total. The van der Waals surface area contributed by atoms with Gasteiger partial charge in [0.15, 0.2) is 5.16 Å². The predicted octanol–water partition coefficient (Wildman–Crippen LogP) is 5.67. The lowest BCUT2D eigenvalue weighted by Gasteiger charge is -2.20. The van der Waals surface area contributed by atoms with E-state index in [1.807, 2.05) is 12.1 Å². The highest BCUT2D eigenvalue weighted by atomic mass is 32.2. The Morgan fingerprint density at radius 3 is 2.22 bits per heavy atom. The van der Waals surface area contributed by atoms with Gasteiger partial charge in [0.1, 0.15) is 24.0 Å². The lowest BCUT2D eigenvalue weighted by molar-refractivity contribution is -0.124. The molecule has 41 heavy (non-hydrogen) atoms. The summed E-state index contributed by atoms with van der Waals surface area (Å²) in [4.78, 5) is 38.4. The van der Waals surface area contributed by atoms with Crippen LogP contribution in [-0.4, -0.2) is 32.0 Å². The Kier molecular flexibility index (Phi) is 11.1. The first-order valence-corrected chi connectivity index (χ1v) is 14.6. The molecule has 7 nitrogen and oxygen atoms in total. The van der Waals surface area contributed by atoms with Crippen LogP contribution in [0.4, 0.5) is 8.78 Å². The lowest BCUT2D eigenvalue weighted by atomic mass is 10.1. The number of aromatic nitrogens is 4. The predicted molar refractivity (Wildman–Crippen MR) is 156 cm³/mol. The summed E-state index contributed by atoms with van der Waals surface area (Å²) >= 11 is 1.32. The maximum atomic E-state index is 13.3. The van der Waals surface area contributed by atoms with E-state index in [4.69, 9.17) is 0 Å². The number of hydrogen-bond donors (Lipinski definition) is 1. The monoisotopic (exact) mass is 577 g/mol. The summed E-state index contributed by atoms with van der Waals surface area (Å²) in [6.07, 6.45) is 11.4. The second kappa shape index (κ2) is 15.2. The summed E-state index contributed by atoms with van der Waals surface area (Å²) in [6, 6.07) is 12.1. The molecule has 0 spiro atoms. The number of carbonyl (C=O) groups is 1. The molecule has 0 aliphatic carbocycles. The first-order valence-electron chi connectivity index (χ1n) is 13.6. The highest BCUT2D eigenvalue weighted by Crippen LogP contribution is 2.24. The number of carbonyl (C=O) groups excluding carboxylic acids is 1. The number of unbranched alkanes of at least 4 members (excludes halogenated alkanes) is 3. The second-order valence-electron chi connectivity index (χ2n) is 9.86. The van der Waals surface area contributed by atoms with Crippen molar-refractivity contribution >= 4 is 17.7 Å². The zero-order valence-electron chi connectivity index (χ0n) is 22.9. The Bertz CT molecular complexity index is 1470. The Hall–Kier alpha value is -3.92. The van der Waals surface area contributed by atoms with Gasteiger partial charge >= 0.3 is 0 Å². The number of aryl methyl sites for hydroxylation is 1. The van der Waals surface area contributed by atoms with Gasteiger partial charge in [0, 0.05) is 42.9 Å². The van der Waals surface area contributed by atoms with E-state index >= 15 is 0 Å². The largest absolute Gasteiger partial charge is 0.354 e. The van der Waals surface area contributed by atoms with Crippen LogP contribution in [0.1, 0.15) is 60.9 Å². The van der Waals surface area contributed by atoms with Crippen LogP contribution >= 0.6 is 11.8 Å². The van der Waals surface area contributed by atoms with Gasteiger partial charge in [0.25, 0.3) is 5.56 Å². The molecule has 0 aliphatic heterocycles. The number of benzene rings is 2. The van der Waals surface area contributed by atoms with Crippen molar-refractivity contribution in [2.24, 2.45) is 0 Å². The van der Waals surface area contributed by atoms with Gasteiger partial charge in [0.2, 0.25) is 5.91 Å². The summed E-state index contributed by atoms with van der Waals surface area (Å²) in [5.41, 5.74) is 2.82. The highest BCUT2D eigenvalue weighted by molar-refractivity contribution is 7.98. The third-order valence-corrected chi connectivity index (χ3v) is 7.72. The van der Waals surface area contributed by atoms with Gasteiger partial charge in [-0.1, -0.05) is 48.9 Å². The molecular weight excluding hydrogens is 544 g/mol. The maximum Gasteiger partial charge on any atom is 0.277 e. The summed E-state index contributed by atoms with van der Waals surface area (Å²) in [6.45, 7) is 2.32. The number of amides is 1. The molecule has 214 valence electrons. The maximum absolute atomic E-state index is 13.3. The van der Waals surface area contributed by atoms with Gasteiger partial charge in [-0.3, -0.25) is 9.59 Å². The Labute approximate surface area is 242 Å². The fourth-order valence-corrected chi connectivity index (χ4v) is 5.31. The minimum Gasteiger partial charge on any atom is -0.354 e. The van der Waals surface area contributed by atoms with Gasteiger partial charge in [-0.15, -0.1) is 0 Å². The summed E-state index contributed by atoms with van der Waals surface area (Å²) in [5, 5.41) is 3.42. The number of hydrogen-bond acceptors (Lipinski definition) is 6. The molecule has 2 aromatic heterocycles. The van der Waals surface area contributed by atoms with Crippen LogP contribution in [-0.2, 0) is 23.4 Å². The minimum absolute atomic E-state index is 0.167.